The van der Waals surface area contributed by atoms with Crippen LogP contribution in [0.2, 0.25) is 0 Å². The first-order chi connectivity index (χ1) is 11.1. The summed E-state index contributed by atoms with van der Waals surface area (Å²) in [5.74, 6) is 0.459. The third-order valence-corrected chi connectivity index (χ3v) is 5.08. The average Bonchev–Trinajstić information content (AvgIpc) is 2.62. The average molecular weight is 319 g/mol. The smallest absolute Gasteiger partial charge is 0.230 e. The summed E-state index contributed by atoms with van der Waals surface area (Å²) in [6, 6.07) is 7.20. The molecule has 1 amide bonds. The van der Waals surface area contributed by atoms with Gasteiger partial charge < -0.3 is 25.4 Å². The molecule has 0 bridgehead atoms. The van der Waals surface area contributed by atoms with Crippen LogP contribution in [-0.4, -0.2) is 61.9 Å². The maximum Gasteiger partial charge on any atom is 0.230 e. The lowest BCUT2D eigenvalue weighted by molar-refractivity contribution is -0.147. The number of phenolic OH excluding ortho intramolecular Hbond substituents is 1. The topological polar surface area (TPSA) is 79.0 Å². The predicted molar refractivity (Wildman–Crippen MR) is 88.4 cm³/mol. The third-order valence-electron chi connectivity index (χ3n) is 5.08. The molecular weight excluding hydrogens is 294 g/mol. The molecule has 1 aromatic carbocycles. The zero-order valence-corrected chi connectivity index (χ0v) is 13.4. The first-order valence-corrected chi connectivity index (χ1v) is 8.26. The van der Waals surface area contributed by atoms with Crippen LogP contribution in [0.4, 0.5) is 5.69 Å². The van der Waals surface area contributed by atoms with Gasteiger partial charge in [-0.25, -0.2) is 0 Å². The summed E-state index contributed by atoms with van der Waals surface area (Å²) in [4.78, 5) is 17.1. The number of piperazine rings is 1. The number of carbonyl (C=O) groups is 1. The van der Waals surface area contributed by atoms with E-state index in [9.17, 15) is 9.90 Å². The van der Waals surface area contributed by atoms with Gasteiger partial charge in [-0.05, 0) is 37.1 Å². The highest BCUT2D eigenvalue weighted by molar-refractivity contribution is 5.83. The monoisotopic (exact) mass is 319 g/mol. The number of nitrogens with two attached hydrogens (primary N) is 1. The Bertz CT molecular complexity index is 533. The molecule has 2 aliphatic heterocycles. The lowest BCUT2D eigenvalue weighted by Crippen LogP contribution is -2.56. The fraction of sp³-hybridized carbons (Fsp3) is 0.588. The van der Waals surface area contributed by atoms with Crippen LogP contribution in [0.1, 0.15) is 12.8 Å². The van der Waals surface area contributed by atoms with Gasteiger partial charge in [0.1, 0.15) is 5.75 Å². The second-order valence-electron chi connectivity index (χ2n) is 6.39. The van der Waals surface area contributed by atoms with Crippen LogP contribution >= 0.6 is 0 Å². The van der Waals surface area contributed by atoms with Gasteiger partial charge in [0.05, 0.1) is 5.41 Å². The molecule has 126 valence electrons. The maximum absolute atomic E-state index is 12.9. The van der Waals surface area contributed by atoms with E-state index in [0.29, 0.717) is 32.8 Å². The Labute approximate surface area is 136 Å². The van der Waals surface area contributed by atoms with Crippen molar-refractivity contribution in [2.24, 2.45) is 11.1 Å². The second-order valence-corrected chi connectivity index (χ2v) is 6.39. The Morgan fingerprint density at radius 3 is 2.30 bits per heavy atom. The molecule has 0 aliphatic carbocycles. The van der Waals surface area contributed by atoms with Gasteiger partial charge in [0.2, 0.25) is 5.91 Å². The molecule has 6 nitrogen and oxygen atoms in total. The number of hydrogen-bond donors (Lipinski definition) is 2. The summed E-state index contributed by atoms with van der Waals surface area (Å²) in [5, 5.41) is 9.38. The highest BCUT2D eigenvalue weighted by atomic mass is 16.5. The van der Waals surface area contributed by atoms with Crippen molar-refractivity contribution in [3.8, 4) is 5.75 Å². The number of benzene rings is 1. The van der Waals surface area contributed by atoms with E-state index in [-0.39, 0.29) is 11.7 Å². The first-order valence-electron chi connectivity index (χ1n) is 8.26. The molecule has 1 aromatic rings. The lowest BCUT2D eigenvalue weighted by atomic mass is 9.78. The Morgan fingerprint density at radius 2 is 1.74 bits per heavy atom. The standard InChI is InChI=1S/C17H25N3O3/c18-13-17(5-11-23-12-6-17)16(22)20-9-7-19(8-10-20)14-1-3-15(21)4-2-14/h1-4,21H,5-13,18H2. The van der Waals surface area contributed by atoms with Crippen molar-refractivity contribution in [3.05, 3.63) is 24.3 Å². The molecule has 3 N–H and O–H groups in total. The van der Waals surface area contributed by atoms with E-state index in [1.165, 1.54) is 0 Å². The van der Waals surface area contributed by atoms with E-state index in [1.807, 2.05) is 17.0 Å². The lowest BCUT2D eigenvalue weighted by Gasteiger charge is -2.42. The summed E-state index contributed by atoms with van der Waals surface area (Å²) in [7, 11) is 0. The first kappa shape index (κ1) is 16.1. The molecule has 2 saturated heterocycles. The normalized spacial score (nSPS) is 21.3. The van der Waals surface area contributed by atoms with E-state index in [1.54, 1.807) is 12.1 Å². The number of anilines is 1. The molecule has 2 fully saturated rings. The molecule has 0 spiro atoms. The molecule has 2 aliphatic rings. The van der Waals surface area contributed by atoms with Gasteiger partial charge >= 0.3 is 0 Å². The van der Waals surface area contributed by atoms with Crippen molar-refractivity contribution in [2.45, 2.75) is 12.8 Å². The molecule has 0 saturated carbocycles. The van der Waals surface area contributed by atoms with Crippen LogP contribution in [0, 0.1) is 5.41 Å². The number of aromatic hydroxyl groups is 1. The van der Waals surface area contributed by atoms with Crippen LogP contribution < -0.4 is 10.6 Å². The molecular formula is C17H25N3O3. The summed E-state index contributed by atoms with van der Waals surface area (Å²) in [6.07, 6.45) is 1.45. The molecule has 6 heteroatoms. The highest BCUT2D eigenvalue weighted by Crippen LogP contribution is 2.32. The number of rotatable bonds is 3. The number of ether oxygens (including phenoxy) is 1. The molecule has 23 heavy (non-hydrogen) atoms. The molecule has 0 atom stereocenters. The quantitative estimate of drug-likeness (QED) is 0.861. The van der Waals surface area contributed by atoms with Crippen LogP contribution in [0.5, 0.6) is 5.75 Å². The molecule has 0 aromatic heterocycles. The van der Waals surface area contributed by atoms with Crippen LogP contribution in [0.15, 0.2) is 24.3 Å². The van der Waals surface area contributed by atoms with Crippen molar-refractivity contribution in [2.75, 3.05) is 50.8 Å². The van der Waals surface area contributed by atoms with Crippen LogP contribution in [-0.2, 0) is 9.53 Å². The Kier molecular flexibility index (Phi) is 4.73. The van der Waals surface area contributed by atoms with Gasteiger partial charge in [0, 0.05) is 51.6 Å². The van der Waals surface area contributed by atoms with E-state index >= 15 is 0 Å². The number of phenols is 1. The van der Waals surface area contributed by atoms with E-state index in [0.717, 1.165) is 31.6 Å². The van der Waals surface area contributed by atoms with E-state index in [4.69, 9.17) is 10.5 Å². The summed E-state index contributed by atoms with van der Waals surface area (Å²) in [5.41, 5.74) is 6.59. The Hall–Kier alpha value is -1.79. The van der Waals surface area contributed by atoms with E-state index in [2.05, 4.69) is 4.90 Å². The minimum absolute atomic E-state index is 0.189. The number of hydrogen-bond acceptors (Lipinski definition) is 5. The van der Waals surface area contributed by atoms with Crippen LogP contribution in [0.25, 0.3) is 0 Å². The number of carbonyl (C=O) groups excluding carboxylic acids is 1. The molecule has 2 heterocycles. The van der Waals surface area contributed by atoms with Crippen molar-refractivity contribution < 1.29 is 14.6 Å². The fourth-order valence-corrected chi connectivity index (χ4v) is 3.43. The van der Waals surface area contributed by atoms with Crippen molar-refractivity contribution in [1.82, 2.24) is 4.90 Å². The summed E-state index contributed by atoms with van der Waals surface area (Å²) in [6.45, 7) is 4.66. The molecule has 3 rings (SSSR count). The van der Waals surface area contributed by atoms with Crippen molar-refractivity contribution in [1.29, 1.82) is 0 Å². The van der Waals surface area contributed by atoms with Gasteiger partial charge in [0.25, 0.3) is 0 Å². The Balaban J connectivity index is 1.61. The SMILES string of the molecule is NCC1(C(=O)N2CCN(c3ccc(O)cc3)CC2)CCOCC1. The minimum Gasteiger partial charge on any atom is -0.508 e. The van der Waals surface area contributed by atoms with Crippen molar-refractivity contribution in [3.63, 3.8) is 0 Å². The Morgan fingerprint density at radius 1 is 1.13 bits per heavy atom. The zero-order chi connectivity index (χ0) is 16.3. The minimum atomic E-state index is -0.432. The largest absolute Gasteiger partial charge is 0.508 e. The van der Waals surface area contributed by atoms with Gasteiger partial charge in [-0.15, -0.1) is 0 Å². The predicted octanol–water partition coefficient (Wildman–Crippen LogP) is 0.796. The maximum atomic E-state index is 12.9. The van der Waals surface area contributed by atoms with E-state index < -0.39 is 5.41 Å². The van der Waals surface area contributed by atoms with Gasteiger partial charge in [-0.1, -0.05) is 0 Å². The van der Waals surface area contributed by atoms with Gasteiger partial charge in [-0.2, -0.15) is 0 Å². The number of nitrogens with zero attached hydrogens (tertiary/aromatic N) is 2. The summed E-state index contributed by atoms with van der Waals surface area (Å²) < 4.78 is 5.39. The zero-order valence-electron chi connectivity index (χ0n) is 13.4. The molecule has 0 radical (unpaired) electrons. The highest BCUT2D eigenvalue weighted by Gasteiger charge is 2.42. The molecule has 0 unspecified atom stereocenters. The van der Waals surface area contributed by atoms with Gasteiger partial charge in [0.15, 0.2) is 0 Å². The fourth-order valence-electron chi connectivity index (χ4n) is 3.43. The summed E-state index contributed by atoms with van der Waals surface area (Å²) >= 11 is 0. The van der Waals surface area contributed by atoms with Gasteiger partial charge in [-0.3, -0.25) is 4.79 Å². The van der Waals surface area contributed by atoms with Crippen LogP contribution in [0.3, 0.4) is 0 Å². The second kappa shape index (κ2) is 6.76. The van der Waals surface area contributed by atoms with Crippen molar-refractivity contribution >= 4 is 11.6 Å². The number of amides is 1. The third kappa shape index (κ3) is 3.28.